The van der Waals surface area contributed by atoms with Gasteiger partial charge in [0.15, 0.2) is 0 Å². The summed E-state index contributed by atoms with van der Waals surface area (Å²) in [4.78, 5) is 38.3. The van der Waals surface area contributed by atoms with Crippen molar-refractivity contribution < 1.29 is 23.9 Å². The average Bonchev–Trinajstić information content (AvgIpc) is 2.67. The van der Waals surface area contributed by atoms with Crippen LogP contribution >= 0.6 is 0 Å². The van der Waals surface area contributed by atoms with E-state index >= 15 is 0 Å². The Hall–Kier alpha value is -2.41. The zero-order valence-electron chi connectivity index (χ0n) is 15.5. The van der Waals surface area contributed by atoms with E-state index in [1.807, 2.05) is 0 Å². The molecule has 0 aromatic heterocycles. The Bertz CT molecular complexity index is 632. The number of likely N-dealkylation sites (tertiary alicyclic amines) is 1. The summed E-state index contributed by atoms with van der Waals surface area (Å²) in [5.41, 5.74) is 0.503. The number of amides is 1. The number of methoxy groups -OCH3 is 2. The second kappa shape index (κ2) is 9.33. The van der Waals surface area contributed by atoms with Crippen LogP contribution in [0.1, 0.15) is 50.3 Å². The van der Waals surface area contributed by atoms with Gasteiger partial charge in [0, 0.05) is 12.1 Å². The minimum absolute atomic E-state index is 0.135. The fourth-order valence-corrected chi connectivity index (χ4v) is 3.07. The fourth-order valence-electron chi connectivity index (χ4n) is 3.07. The normalized spacial score (nSPS) is 15.3. The number of nitrogens with zero attached hydrogens (tertiary/aromatic N) is 1. The fraction of sp³-hybridized carbons (Fsp3) is 0.526. The standard InChI is InChI=1S/C19H26N2O5/c1-21-8-5-13(6-9-21)4-7-20-17(22)14-10-15(18(23)25-2)12-16(11-14)19(24)26-3/h10-13H,4-9H2,1-3H3,(H,20,22). The van der Waals surface area contributed by atoms with Gasteiger partial charge in [0.05, 0.1) is 25.3 Å². The largest absolute Gasteiger partial charge is 0.465 e. The number of piperidine rings is 1. The van der Waals surface area contributed by atoms with Crippen LogP contribution in [0.4, 0.5) is 0 Å². The number of esters is 2. The topological polar surface area (TPSA) is 84.9 Å². The van der Waals surface area contributed by atoms with Crippen LogP contribution < -0.4 is 5.32 Å². The lowest BCUT2D eigenvalue weighted by Crippen LogP contribution is -2.32. The summed E-state index contributed by atoms with van der Waals surface area (Å²) in [5, 5.41) is 2.87. The van der Waals surface area contributed by atoms with Crippen LogP contribution in [0.25, 0.3) is 0 Å². The summed E-state index contributed by atoms with van der Waals surface area (Å²) >= 11 is 0. The zero-order chi connectivity index (χ0) is 19.1. The van der Waals surface area contributed by atoms with E-state index in [0.717, 1.165) is 32.4 Å². The molecule has 1 fully saturated rings. The summed E-state index contributed by atoms with van der Waals surface area (Å²) in [6, 6.07) is 4.19. The molecule has 0 unspecified atom stereocenters. The van der Waals surface area contributed by atoms with Crippen LogP contribution in [0.15, 0.2) is 18.2 Å². The molecular formula is C19H26N2O5. The summed E-state index contributed by atoms with van der Waals surface area (Å²) in [6.45, 7) is 2.73. The molecule has 1 saturated heterocycles. The van der Waals surface area contributed by atoms with E-state index in [-0.39, 0.29) is 22.6 Å². The highest BCUT2D eigenvalue weighted by Gasteiger charge is 2.19. The summed E-state index contributed by atoms with van der Waals surface area (Å²) in [7, 11) is 4.61. The minimum Gasteiger partial charge on any atom is -0.465 e. The molecule has 0 bridgehead atoms. The highest BCUT2D eigenvalue weighted by Crippen LogP contribution is 2.19. The van der Waals surface area contributed by atoms with E-state index in [1.54, 1.807) is 0 Å². The Labute approximate surface area is 153 Å². The maximum Gasteiger partial charge on any atom is 0.337 e. The van der Waals surface area contributed by atoms with Gasteiger partial charge in [-0.25, -0.2) is 9.59 Å². The van der Waals surface area contributed by atoms with Gasteiger partial charge < -0.3 is 19.7 Å². The van der Waals surface area contributed by atoms with Gasteiger partial charge in [0.25, 0.3) is 5.91 Å². The molecule has 1 N–H and O–H groups in total. The smallest absolute Gasteiger partial charge is 0.337 e. The lowest BCUT2D eigenvalue weighted by atomic mass is 9.94. The summed E-state index contributed by atoms with van der Waals surface area (Å²) < 4.78 is 9.36. The van der Waals surface area contributed by atoms with Crippen molar-refractivity contribution in [3.05, 3.63) is 34.9 Å². The van der Waals surface area contributed by atoms with Crippen molar-refractivity contribution in [2.45, 2.75) is 19.3 Å². The van der Waals surface area contributed by atoms with E-state index in [1.165, 1.54) is 32.4 Å². The molecule has 0 atom stereocenters. The number of hydrogen-bond acceptors (Lipinski definition) is 6. The van der Waals surface area contributed by atoms with Gasteiger partial charge in [-0.1, -0.05) is 0 Å². The SMILES string of the molecule is COC(=O)c1cc(C(=O)NCCC2CCN(C)CC2)cc(C(=O)OC)c1. The molecule has 0 radical (unpaired) electrons. The van der Waals surface area contributed by atoms with Crippen LogP contribution in [0.3, 0.4) is 0 Å². The summed E-state index contributed by atoms with van der Waals surface area (Å²) in [6.07, 6.45) is 3.19. The third kappa shape index (κ3) is 5.29. The molecule has 7 heteroatoms. The Morgan fingerprint density at radius 1 is 1.00 bits per heavy atom. The Kier molecular flexibility index (Phi) is 7.15. The van der Waals surface area contributed by atoms with Crippen LogP contribution in [-0.2, 0) is 9.47 Å². The van der Waals surface area contributed by atoms with Crippen molar-refractivity contribution in [1.29, 1.82) is 0 Å². The van der Waals surface area contributed by atoms with Crippen molar-refractivity contribution in [1.82, 2.24) is 10.2 Å². The molecule has 1 heterocycles. The van der Waals surface area contributed by atoms with Crippen LogP contribution in [0, 0.1) is 5.92 Å². The first-order chi connectivity index (χ1) is 12.4. The van der Waals surface area contributed by atoms with Gasteiger partial charge in [-0.15, -0.1) is 0 Å². The van der Waals surface area contributed by atoms with Crippen molar-refractivity contribution >= 4 is 17.8 Å². The van der Waals surface area contributed by atoms with Crippen LogP contribution in [0.2, 0.25) is 0 Å². The van der Waals surface area contributed by atoms with Crippen molar-refractivity contribution in [2.75, 3.05) is 40.9 Å². The first-order valence-corrected chi connectivity index (χ1v) is 8.73. The monoisotopic (exact) mass is 362 g/mol. The molecule has 1 amide bonds. The highest BCUT2D eigenvalue weighted by atomic mass is 16.5. The number of carbonyl (C=O) groups excluding carboxylic acids is 3. The Morgan fingerprint density at radius 2 is 1.50 bits per heavy atom. The van der Waals surface area contributed by atoms with E-state index in [9.17, 15) is 14.4 Å². The second-order valence-corrected chi connectivity index (χ2v) is 6.57. The van der Waals surface area contributed by atoms with Crippen molar-refractivity contribution in [3.63, 3.8) is 0 Å². The molecule has 0 aliphatic carbocycles. The zero-order valence-corrected chi connectivity index (χ0v) is 15.5. The summed E-state index contributed by atoms with van der Waals surface area (Å²) in [5.74, 6) is -0.945. The van der Waals surface area contributed by atoms with Crippen LogP contribution in [-0.4, -0.2) is 63.6 Å². The lowest BCUT2D eigenvalue weighted by Gasteiger charge is -2.28. The molecule has 2 rings (SSSR count). The van der Waals surface area contributed by atoms with E-state index < -0.39 is 11.9 Å². The van der Waals surface area contributed by atoms with Gasteiger partial charge in [-0.2, -0.15) is 0 Å². The van der Waals surface area contributed by atoms with Crippen molar-refractivity contribution in [2.24, 2.45) is 5.92 Å². The van der Waals surface area contributed by atoms with Gasteiger partial charge in [0.2, 0.25) is 0 Å². The number of ether oxygens (including phenoxy) is 2. The van der Waals surface area contributed by atoms with Gasteiger partial charge in [-0.3, -0.25) is 4.79 Å². The Balaban J connectivity index is 2.02. The quantitative estimate of drug-likeness (QED) is 0.776. The maximum atomic E-state index is 12.4. The highest BCUT2D eigenvalue weighted by molar-refractivity contribution is 6.02. The number of carbonyl (C=O) groups is 3. The molecule has 0 spiro atoms. The predicted octanol–water partition coefficient (Wildman–Crippen LogP) is 1.72. The molecule has 26 heavy (non-hydrogen) atoms. The van der Waals surface area contributed by atoms with E-state index in [0.29, 0.717) is 12.5 Å². The molecule has 1 aliphatic rings. The first-order valence-electron chi connectivity index (χ1n) is 8.73. The second-order valence-electron chi connectivity index (χ2n) is 6.57. The van der Waals surface area contributed by atoms with E-state index in [4.69, 9.17) is 0 Å². The number of nitrogens with one attached hydrogen (secondary N) is 1. The Morgan fingerprint density at radius 3 is 2.00 bits per heavy atom. The number of benzene rings is 1. The number of rotatable bonds is 6. The lowest BCUT2D eigenvalue weighted by molar-refractivity contribution is 0.0599. The van der Waals surface area contributed by atoms with Gasteiger partial charge >= 0.3 is 11.9 Å². The van der Waals surface area contributed by atoms with Gasteiger partial charge in [0.1, 0.15) is 0 Å². The third-order valence-corrected chi connectivity index (χ3v) is 4.71. The van der Waals surface area contributed by atoms with Gasteiger partial charge in [-0.05, 0) is 63.5 Å². The molecule has 1 aromatic rings. The number of hydrogen-bond donors (Lipinski definition) is 1. The molecule has 0 saturated carbocycles. The average molecular weight is 362 g/mol. The van der Waals surface area contributed by atoms with Crippen LogP contribution in [0.5, 0.6) is 0 Å². The minimum atomic E-state index is -0.615. The first kappa shape index (κ1) is 19.9. The molecular weight excluding hydrogens is 336 g/mol. The van der Waals surface area contributed by atoms with E-state index in [2.05, 4.69) is 26.7 Å². The molecule has 1 aliphatic heterocycles. The third-order valence-electron chi connectivity index (χ3n) is 4.71. The predicted molar refractivity (Wildman–Crippen MR) is 96.3 cm³/mol. The maximum absolute atomic E-state index is 12.4. The molecule has 1 aromatic carbocycles. The molecule has 7 nitrogen and oxygen atoms in total. The van der Waals surface area contributed by atoms with Crippen molar-refractivity contribution in [3.8, 4) is 0 Å². The molecule has 142 valence electrons.